The average molecular weight is 2300 g/mol. The standard InChI is InChI=1S/C23H19ClF3N3O6S.C23H17ClF3N3O6S.C21H13ClF3N3O5S.C15H13BrClF3N2O3S.C8H7NO3.ClH/c2*1-12-6-7-14(9-16(12)23(25,26)27)37(33,34)30(11-35-2)18-8-13(24)10-28-19(18)20(31)15-4-3-5-17-21(15)36-22(32)29-17;1-10-5-6-12(8-14(10)21(23,24)25)34(31,32)28-16-7-11(22)9-26-17(16)18(29)13-3-2-4-15-19(13)33-20(30)27-15;1-9-3-4-11(6-12(9)15(18,19)20)26(23,24)22(8-25-2)13-5-10(17)7-21-14(13)16;1-11-6-4-2-3-5-7(6)12-8(10)9-5;/h3-10,20,31H,11H2,1-2H3,(H,29,32);3-10H,11H2,1-2H3,(H,29,32);2-9,28H,1H3,(H,27,30);3-7H,8H2,1-2H3;2-4H,1H3,(H,9,10);1H. The molecule has 1 unspecified atom stereocenters. The molecule has 0 radical (unpaired) electrons. The fraction of sp³-hybridized carbons (Fsp3) is 0.178. The van der Waals surface area contributed by atoms with Crippen LogP contribution in [0.1, 0.15) is 94.0 Å². The van der Waals surface area contributed by atoms with Crippen molar-refractivity contribution in [2.45, 2.75) is 78.1 Å². The summed E-state index contributed by atoms with van der Waals surface area (Å²) in [5.74, 6) is -3.95. The fourth-order valence-electron chi connectivity index (χ4n) is 14.0. The summed E-state index contributed by atoms with van der Waals surface area (Å²) in [5, 5.41) is 11.2. The summed E-state index contributed by atoms with van der Waals surface area (Å²) in [6.45, 7) is 3.07. The van der Waals surface area contributed by atoms with E-state index in [0.29, 0.717) is 49.7 Å². The Morgan fingerprint density at radius 1 is 0.415 bits per heavy atom. The lowest BCUT2D eigenvalue weighted by Gasteiger charge is -2.27. The highest BCUT2D eigenvalue weighted by Gasteiger charge is 2.42. The van der Waals surface area contributed by atoms with Gasteiger partial charge in [0.1, 0.15) is 42.3 Å². The molecule has 8 heterocycles. The summed E-state index contributed by atoms with van der Waals surface area (Å²) in [6.07, 6.45) is -16.0. The number of aliphatic hydroxyl groups excluding tert-OH is 1. The van der Waals surface area contributed by atoms with Gasteiger partial charge in [-0.25, -0.2) is 80.7 Å². The number of H-pyrrole nitrogens is 4. The Morgan fingerprint density at radius 3 is 1.15 bits per heavy atom. The second-order valence-corrected chi connectivity index (χ2v) is 40.2. The average Bonchev–Trinajstić information content (AvgIpc) is 1.76. The number of halogens is 18. The molecule has 8 aromatic heterocycles. The van der Waals surface area contributed by atoms with Crippen LogP contribution in [0, 0.1) is 27.7 Å². The van der Waals surface area contributed by atoms with Crippen LogP contribution < -0.4 is 45.4 Å². The van der Waals surface area contributed by atoms with Crippen molar-refractivity contribution >= 4 is 194 Å². The number of nitrogens with zero attached hydrogens (tertiary/aromatic N) is 7. The number of aryl methyl sites for hydroxylation is 4. The molecular formula is C90H70BrCl5F12N12O23S4. The number of fused-ring (bicyclic) bond motifs is 4. The number of anilines is 4. The highest BCUT2D eigenvalue weighted by Crippen LogP contribution is 2.44. The highest BCUT2D eigenvalue weighted by atomic mass is 79.9. The van der Waals surface area contributed by atoms with E-state index in [1.165, 1.54) is 122 Å². The van der Waals surface area contributed by atoms with Crippen LogP contribution in [0.4, 0.5) is 75.4 Å². The number of aromatic amines is 4. The number of carbonyl (C=O) groups is 2. The van der Waals surface area contributed by atoms with E-state index in [0.717, 1.165) is 90.7 Å². The van der Waals surface area contributed by atoms with E-state index in [1.54, 1.807) is 18.2 Å². The molecule has 16 aromatic rings. The van der Waals surface area contributed by atoms with E-state index in [4.69, 9.17) is 83.0 Å². The number of ether oxygens (including phenoxy) is 4. The second kappa shape index (κ2) is 45.5. The summed E-state index contributed by atoms with van der Waals surface area (Å²) in [7, 11) is -13.3. The first-order chi connectivity index (χ1) is 68.3. The van der Waals surface area contributed by atoms with Crippen molar-refractivity contribution in [1.29, 1.82) is 0 Å². The molecule has 0 aliphatic rings. The molecule has 35 nitrogen and oxygen atoms in total. The number of pyridine rings is 4. The number of benzene rings is 8. The van der Waals surface area contributed by atoms with Crippen molar-refractivity contribution < 1.29 is 138 Å². The maximum absolute atomic E-state index is 13.6. The molecule has 8 aromatic carbocycles. The number of carbonyl (C=O) groups excluding carboxylic acids is 2. The van der Waals surface area contributed by atoms with E-state index >= 15 is 0 Å². The van der Waals surface area contributed by atoms with Gasteiger partial charge in [-0.2, -0.15) is 52.7 Å². The first-order valence-electron chi connectivity index (χ1n) is 40.7. The van der Waals surface area contributed by atoms with Gasteiger partial charge < -0.3 is 41.7 Å². The minimum atomic E-state index is -4.81. The van der Waals surface area contributed by atoms with E-state index in [-0.39, 0.29) is 138 Å². The molecule has 0 saturated heterocycles. The Balaban J connectivity index is 0.000000180. The Labute approximate surface area is 855 Å². The molecule has 6 N–H and O–H groups in total. The summed E-state index contributed by atoms with van der Waals surface area (Å²) >= 11 is 27.1. The summed E-state index contributed by atoms with van der Waals surface area (Å²) in [5.41, 5.74) is -5.46. The third-order valence-corrected chi connectivity index (χ3v) is 28.7. The fourth-order valence-corrected chi connectivity index (χ4v) is 20.4. The third kappa shape index (κ3) is 25.7. The van der Waals surface area contributed by atoms with Crippen LogP contribution in [0.2, 0.25) is 20.1 Å². The van der Waals surface area contributed by atoms with Crippen LogP contribution in [-0.4, -0.2) is 139 Å². The molecule has 778 valence electrons. The Hall–Kier alpha value is -13.5. The molecule has 0 bridgehead atoms. The number of hydrogen-bond acceptors (Lipinski definition) is 27. The Kier molecular flexibility index (Phi) is 35.2. The molecule has 0 fully saturated rings. The predicted molar refractivity (Wildman–Crippen MR) is 517 cm³/mol. The number of sulfonamides is 4. The van der Waals surface area contributed by atoms with Crippen molar-refractivity contribution in [2.75, 3.05) is 66.3 Å². The molecule has 57 heteroatoms. The molecule has 0 spiro atoms. The van der Waals surface area contributed by atoms with E-state index < -0.39 is 179 Å². The molecule has 0 aliphatic carbocycles. The third-order valence-electron chi connectivity index (χ3n) is 20.7. The van der Waals surface area contributed by atoms with Gasteiger partial charge in [0.2, 0.25) is 11.6 Å². The van der Waals surface area contributed by atoms with Crippen LogP contribution in [-0.2, 0) is 79.0 Å². The minimum Gasteiger partial charge on any atom is -0.493 e. The largest absolute Gasteiger partial charge is 0.493 e. The van der Waals surface area contributed by atoms with Gasteiger partial charge in [-0.15, -0.1) is 12.4 Å². The molecule has 0 saturated carbocycles. The van der Waals surface area contributed by atoms with Crippen LogP contribution in [0.15, 0.2) is 256 Å². The van der Waals surface area contributed by atoms with Gasteiger partial charge in [-0.3, -0.25) is 39.2 Å². The molecule has 0 amide bonds. The first kappa shape index (κ1) is 114. The summed E-state index contributed by atoms with van der Waals surface area (Å²) in [4.78, 5) is 95.5. The van der Waals surface area contributed by atoms with Crippen molar-refractivity contribution in [3.63, 3.8) is 0 Å². The van der Waals surface area contributed by atoms with Gasteiger partial charge in [0.05, 0.1) is 131 Å². The number of ketones is 2. The monoisotopic (exact) mass is 2300 g/mol. The van der Waals surface area contributed by atoms with Gasteiger partial charge >= 0.3 is 47.7 Å². The SMILES string of the molecule is COCN(c1cc(Cl)cnc1Br)S(=O)(=O)c1ccc(C)c(C(F)(F)F)c1.COCN(c1cc(Cl)cnc1C(=O)c1cccc2[nH]c(=O)oc12)S(=O)(=O)c1ccc(C)c(C(F)(F)F)c1.COCN(c1cc(Cl)cnc1C(O)c1cccc2[nH]c(=O)oc12)S(=O)(=O)c1ccc(C)c(C(F)(F)F)c1.COc1cccc2[nH]c(=O)oc12.Cc1ccc(S(=O)(=O)Nc2cc(Cl)cnc2C(=O)c2cccc3[nH]c(=O)oc23)cc1C(F)(F)F.Cl. The number of aliphatic hydroxyl groups is 1. The molecule has 147 heavy (non-hydrogen) atoms. The maximum atomic E-state index is 13.6. The Morgan fingerprint density at radius 2 is 0.735 bits per heavy atom. The van der Waals surface area contributed by atoms with Gasteiger partial charge in [-0.1, -0.05) is 101 Å². The number of hydrogen-bond donors (Lipinski definition) is 6. The topological polar surface area (TPSA) is 485 Å². The second-order valence-electron chi connectivity index (χ2n) is 30.5. The van der Waals surface area contributed by atoms with Gasteiger partial charge in [0.15, 0.2) is 28.1 Å². The first-order valence-corrected chi connectivity index (χ1v) is 48.8. The van der Waals surface area contributed by atoms with Crippen LogP contribution in [0.3, 0.4) is 0 Å². The van der Waals surface area contributed by atoms with Crippen molar-refractivity contribution in [2.24, 2.45) is 0 Å². The lowest BCUT2D eigenvalue weighted by Crippen LogP contribution is -2.34. The lowest BCUT2D eigenvalue weighted by molar-refractivity contribution is -0.139. The van der Waals surface area contributed by atoms with Crippen molar-refractivity contribution in [3.05, 3.63) is 340 Å². The predicted octanol–water partition coefficient (Wildman–Crippen LogP) is 19.6. The molecule has 0 aliphatic heterocycles. The van der Waals surface area contributed by atoms with Gasteiger partial charge in [0.25, 0.3) is 40.1 Å². The maximum Gasteiger partial charge on any atom is 0.417 e. The number of aromatic nitrogens is 8. The molecular weight excluding hydrogens is 2230 g/mol. The number of para-hydroxylation sites is 4. The number of nitrogens with one attached hydrogen (secondary N) is 5. The van der Waals surface area contributed by atoms with Crippen LogP contribution in [0.25, 0.3) is 44.4 Å². The highest BCUT2D eigenvalue weighted by molar-refractivity contribution is 9.10. The zero-order valence-electron chi connectivity index (χ0n) is 75.7. The van der Waals surface area contributed by atoms with Gasteiger partial charge in [0, 0.05) is 51.7 Å². The number of rotatable bonds is 25. The van der Waals surface area contributed by atoms with E-state index in [2.05, 4.69) is 60.5 Å². The van der Waals surface area contributed by atoms with E-state index in [9.17, 15) is 120 Å². The minimum absolute atomic E-state index is 0. The van der Waals surface area contributed by atoms with Crippen LogP contribution >= 0.6 is 74.7 Å². The lowest BCUT2D eigenvalue weighted by atomic mass is 10.0. The molecule has 1 atom stereocenters. The van der Waals surface area contributed by atoms with E-state index in [1.807, 2.05) is 0 Å². The zero-order valence-corrected chi connectivity index (χ0v) is 84.4. The smallest absolute Gasteiger partial charge is 0.417 e. The van der Waals surface area contributed by atoms with Crippen molar-refractivity contribution in [1.82, 2.24) is 39.9 Å². The quantitative estimate of drug-likeness (QED) is 0.0134. The molecule has 16 rings (SSSR count). The Bertz CT molecular complexity index is 8490. The zero-order chi connectivity index (χ0) is 107. The number of oxazole rings is 4. The summed E-state index contributed by atoms with van der Waals surface area (Å²) in [6, 6.07) is 33.5. The number of methoxy groups -OCH3 is 4. The van der Waals surface area contributed by atoms with Crippen molar-refractivity contribution in [3.8, 4) is 5.75 Å². The normalized spacial score (nSPS) is 12.2. The number of alkyl halides is 12. The van der Waals surface area contributed by atoms with Crippen LogP contribution in [0.5, 0.6) is 5.75 Å². The van der Waals surface area contributed by atoms with Gasteiger partial charge in [-0.05, 0) is 181 Å². The summed E-state index contributed by atoms with van der Waals surface area (Å²) < 4.78 is 311.